The molecule has 11 heteroatoms. The van der Waals surface area contributed by atoms with Crippen molar-refractivity contribution >= 4 is 46.3 Å². The molecule has 3 rings (SSSR count). The summed E-state index contributed by atoms with van der Waals surface area (Å²) in [5.74, 6) is -0.0467. The number of carbonyl (C=O) groups excluding carboxylic acids is 1. The lowest BCUT2D eigenvalue weighted by Gasteiger charge is -2.14. The molecular formula is C16H12ClF3N4OS2. The van der Waals surface area contributed by atoms with Crippen LogP contribution in [-0.2, 0) is 18.0 Å². The summed E-state index contributed by atoms with van der Waals surface area (Å²) in [4.78, 5) is 13.0. The number of amides is 1. The Labute approximate surface area is 165 Å². The second kappa shape index (κ2) is 7.91. The predicted molar refractivity (Wildman–Crippen MR) is 100 cm³/mol. The van der Waals surface area contributed by atoms with E-state index in [0.29, 0.717) is 11.0 Å². The summed E-state index contributed by atoms with van der Waals surface area (Å²) >= 11 is 8.22. The number of hydrogen-bond acceptors (Lipinski definition) is 5. The minimum atomic E-state index is -4.63. The first kappa shape index (κ1) is 19.7. The summed E-state index contributed by atoms with van der Waals surface area (Å²) in [7, 11) is 1.76. The van der Waals surface area contributed by atoms with Crippen molar-refractivity contribution in [1.82, 2.24) is 14.8 Å². The third kappa shape index (κ3) is 4.63. The van der Waals surface area contributed by atoms with E-state index in [9.17, 15) is 18.0 Å². The molecule has 0 atom stereocenters. The Hall–Kier alpha value is -2.04. The van der Waals surface area contributed by atoms with Crippen LogP contribution in [0.2, 0.25) is 5.02 Å². The lowest BCUT2D eigenvalue weighted by molar-refractivity contribution is -0.137. The summed E-state index contributed by atoms with van der Waals surface area (Å²) < 4.78 is 41.0. The average molecular weight is 433 g/mol. The van der Waals surface area contributed by atoms with Crippen LogP contribution in [0.1, 0.15) is 5.56 Å². The minimum absolute atomic E-state index is 0.0603. The quantitative estimate of drug-likeness (QED) is 0.580. The summed E-state index contributed by atoms with van der Waals surface area (Å²) in [6.45, 7) is 0. The van der Waals surface area contributed by atoms with E-state index in [2.05, 4.69) is 15.5 Å². The molecule has 1 N–H and O–H groups in total. The van der Waals surface area contributed by atoms with Crippen LogP contribution in [0.5, 0.6) is 0 Å². The number of aromatic nitrogens is 3. The van der Waals surface area contributed by atoms with E-state index < -0.39 is 17.6 Å². The molecule has 5 nitrogen and oxygen atoms in total. The smallest absolute Gasteiger partial charge is 0.325 e. The summed E-state index contributed by atoms with van der Waals surface area (Å²) in [6.07, 6.45) is -4.63. The van der Waals surface area contributed by atoms with Crippen molar-refractivity contribution in [3.63, 3.8) is 0 Å². The number of thiophene rings is 1. The standard InChI is InChI=1S/C16H12ClF3N4OS2/c1-24-14(12-3-2-6-26-12)22-23-15(24)27-8-13(25)21-11-5-4-9(17)7-10(11)16(18,19)20/h2-7H,8H2,1H3,(H,21,25). The zero-order valence-electron chi connectivity index (χ0n) is 13.7. The second-order valence-corrected chi connectivity index (χ2v) is 7.69. The Balaban J connectivity index is 1.68. The monoisotopic (exact) mass is 432 g/mol. The highest BCUT2D eigenvalue weighted by atomic mass is 35.5. The fourth-order valence-electron chi connectivity index (χ4n) is 2.24. The Morgan fingerprint density at radius 1 is 1.33 bits per heavy atom. The molecule has 0 radical (unpaired) electrons. The number of hydrogen-bond donors (Lipinski definition) is 1. The van der Waals surface area contributed by atoms with E-state index in [1.54, 1.807) is 11.6 Å². The molecule has 0 unspecified atom stereocenters. The lowest BCUT2D eigenvalue weighted by atomic mass is 10.1. The Morgan fingerprint density at radius 2 is 2.11 bits per heavy atom. The molecule has 27 heavy (non-hydrogen) atoms. The van der Waals surface area contributed by atoms with Crippen molar-refractivity contribution in [3.8, 4) is 10.7 Å². The van der Waals surface area contributed by atoms with Gasteiger partial charge in [-0.1, -0.05) is 29.4 Å². The zero-order valence-corrected chi connectivity index (χ0v) is 16.1. The van der Waals surface area contributed by atoms with Crippen LogP contribution in [0.25, 0.3) is 10.7 Å². The van der Waals surface area contributed by atoms with Gasteiger partial charge in [0, 0.05) is 12.1 Å². The van der Waals surface area contributed by atoms with Gasteiger partial charge in [-0.3, -0.25) is 4.79 Å². The summed E-state index contributed by atoms with van der Waals surface area (Å²) in [6, 6.07) is 6.98. The molecule has 0 aliphatic heterocycles. The third-order valence-electron chi connectivity index (χ3n) is 3.47. The molecule has 0 saturated heterocycles. The topological polar surface area (TPSA) is 59.8 Å². The largest absolute Gasteiger partial charge is 0.418 e. The molecule has 0 bridgehead atoms. The SMILES string of the molecule is Cn1c(SCC(=O)Nc2ccc(Cl)cc2C(F)(F)F)nnc1-c1cccs1. The number of carbonyl (C=O) groups is 1. The number of alkyl halides is 3. The highest BCUT2D eigenvalue weighted by Gasteiger charge is 2.34. The number of nitrogens with one attached hydrogen (secondary N) is 1. The van der Waals surface area contributed by atoms with Crippen molar-refractivity contribution in [3.05, 3.63) is 46.3 Å². The molecule has 0 fully saturated rings. The molecule has 0 saturated carbocycles. The van der Waals surface area contributed by atoms with Crippen LogP contribution >= 0.6 is 34.7 Å². The number of halogens is 4. The van der Waals surface area contributed by atoms with Crippen molar-refractivity contribution < 1.29 is 18.0 Å². The van der Waals surface area contributed by atoms with E-state index in [1.165, 1.54) is 17.4 Å². The van der Waals surface area contributed by atoms with Gasteiger partial charge in [0.15, 0.2) is 11.0 Å². The fraction of sp³-hybridized carbons (Fsp3) is 0.188. The van der Waals surface area contributed by atoms with E-state index in [0.717, 1.165) is 28.8 Å². The molecule has 0 aliphatic carbocycles. The Morgan fingerprint density at radius 3 is 2.78 bits per heavy atom. The lowest BCUT2D eigenvalue weighted by Crippen LogP contribution is -2.18. The highest BCUT2D eigenvalue weighted by Crippen LogP contribution is 2.36. The molecule has 1 aromatic carbocycles. The molecular weight excluding hydrogens is 421 g/mol. The van der Waals surface area contributed by atoms with Crippen molar-refractivity contribution in [2.24, 2.45) is 7.05 Å². The molecule has 2 aromatic heterocycles. The van der Waals surface area contributed by atoms with Gasteiger partial charge in [0.05, 0.1) is 21.9 Å². The van der Waals surface area contributed by atoms with E-state index in [1.807, 2.05) is 17.5 Å². The number of nitrogens with zero attached hydrogens (tertiary/aromatic N) is 3. The van der Waals surface area contributed by atoms with Crippen molar-refractivity contribution in [2.75, 3.05) is 11.1 Å². The molecule has 0 aliphatic rings. The summed E-state index contributed by atoms with van der Waals surface area (Å²) in [5.41, 5.74) is -1.33. The van der Waals surface area contributed by atoms with Crippen LogP contribution < -0.4 is 5.32 Å². The maximum atomic E-state index is 13.1. The maximum Gasteiger partial charge on any atom is 0.418 e. The van der Waals surface area contributed by atoms with E-state index in [-0.39, 0.29) is 16.5 Å². The van der Waals surface area contributed by atoms with Crippen LogP contribution in [0, 0.1) is 0 Å². The van der Waals surface area contributed by atoms with Gasteiger partial charge >= 0.3 is 6.18 Å². The fourth-order valence-corrected chi connectivity index (χ4v) is 3.86. The van der Waals surface area contributed by atoms with Crippen LogP contribution in [-0.4, -0.2) is 26.4 Å². The number of rotatable bonds is 5. The number of benzene rings is 1. The van der Waals surface area contributed by atoms with Crippen LogP contribution in [0.4, 0.5) is 18.9 Å². The Kier molecular flexibility index (Phi) is 5.78. The molecule has 142 valence electrons. The first-order valence-corrected chi connectivity index (χ1v) is 9.72. The van der Waals surface area contributed by atoms with Crippen LogP contribution in [0.3, 0.4) is 0 Å². The average Bonchev–Trinajstić information content (AvgIpc) is 3.23. The minimum Gasteiger partial charge on any atom is -0.325 e. The normalized spacial score (nSPS) is 11.6. The Bertz CT molecular complexity index is 957. The molecule has 3 aromatic rings. The summed E-state index contributed by atoms with van der Waals surface area (Å²) in [5, 5.41) is 12.7. The molecule has 1 amide bonds. The first-order valence-electron chi connectivity index (χ1n) is 7.48. The first-order chi connectivity index (χ1) is 12.8. The highest BCUT2D eigenvalue weighted by molar-refractivity contribution is 7.99. The van der Waals surface area contributed by atoms with Gasteiger partial charge in [0.25, 0.3) is 0 Å². The van der Waals surface area contributed by atoms with E-state index >= 15 is 0 Å². The predicted octanol–water partition coefficient (Wildman–Crippen LogP) is 4.95. The molecule has 0 spiro atoms. The van der Waals surface area contributed by atoms with Gasteiger partial charge in [-0.2, -0.15) is 13.2 Å². The number of anilines is 1. The maximum absolute atomic E-state index is 13.1. The van der Waals surface area contributed by atoms with E-state index in [4.69, 9.17) is 11.6 Å². The van der Waals surface area contributed by atoms with Gasteiger partial charge < -0.3 is 9.88 Å². The van der Waals surface area contributed by atoms with Gasteiger partial charge in [-0.15, -0.1) is 21.5 Å². The van der Waals surface area contributed by atoms with Gasteiger partial charge in [-0.05, 0) is 29.6 Å². The van der Waals surface area contributed by atoms with Crippen LogP contribution in [0.15, 0.2) is 40.9 Å². The van der Waals surface area contributed by atoms with Gasteiger partial charge in [0.1, 0.15) is 0 Å². The van der Waals surface area contributed by atoms with Gasteiger partial charge in [0.2, 0.25) is 5.91 Å². The molecule has 2 heterocycles. The van der Waals surface area contributed by atoms with Crippen molar-refractivity contribution in [2.45, 2.75) is 11.3 Å². The second-order valence-electron chi connectivity index (χ2n) is 5.37. The number of thioether (sulfide) groups is 1. The third-order valence-corrected chi connectivity index (χ3v) is 5.59. The van der Waals surface area contributed by atoms with Gasteiger partial charge in [-0.25, -0.2) is 0 Å². The zero-order chi connectivity index (χ0) is 19.6. The van der Waals surface area contributed by atoms with Crippen molar-refractivity contribution in [1.29, 1.82) is 0 Å².